The molecule has 0 spiro atoms. The van der Waals surface area contributed by atoms with Gasteiger partial charge < -0.3 is 9.80 Å². The van der Waals surface area contributed by atoms with Crippen LogP contribution in [0.15, 0.2) is 72.6 Å². The molecule has 38 heavy (non-hydrogen) atoms. The van der Waals surface area contributed by atoms with Gasteiger partial charge in [0.25, 0.3) is 5.91 Å². The monoisotopic (exact) mass is 558 g/mol. The molecule has 202 valence electrons. The molecule has 0 fully saturated rings. The van der Waals surface area contributed by atoms with Crippen LogP contribution in [0.4, 0.5) is 30.7 Å². The van der Waals surface area contributed by atoms with Crippen LogP contribution in [0.5, 0.6) is 0 Å². The highest BCUT2D eigenvalue weighted by atomic mass is 32.1. The SMILES string of the molecule is C=CCN(CC(=O)N(Cc1ccc(F)cc1)Cc1cccs1)C(=O)c1cc(C(F)(F)F)cc(C(F)(F)F)c1. The second kappa shape index (κ2) is 11.8. The van der Waals surface area contributed by atoms with Crippen LogP contribution in [-0.4, -0.2) is 34.7 Å². The minimum absolute atomic E-state index is 0.0227. The standard InChI is InChI=1S/C26H21F7N2O2S/c1-2-9-34(24(37)18-11-19(25(28,29)30)13-20(12-18)26(31,32)33)16-23(36)35(15-22-4-3-10-38-22)14-17-5-7-21(27)8-6-17/h2-8,10-13H,1,9,14-16H2. The van der Waals surface area contributed by atoms with Gasteiger partial charge in [-0.3, -0.25) is 9.59 Å². The molecular weight excluding hydrogens is 537 g/mol. The van der Waals surface area contributed by atoms with Gasteiger partial charge >= 0.3 is 12.4 Å². The Morgan fingerprint density at radius 3 is 1.97 bits per heavy atom. The topological polar surface area (TPSA) is 40.6 Å². The molecule has 0 N–H and O–H groups in total. The molecule has 3 aromatic rings. The molecule has 0 saturated heterocycles. The number of hydrogen-bond acceptors (Lipinski definition) is 3. The van der Waals surface area contributed by atoms with E-state index in [-0.39, 0.29) is 25.7 Å². The van der Waals surface area contributed by atoms with E-state index in [1.807, 2.05) is 0 Å². The lowest BCUT2D eigenvalue weighted by Crippen LogP contribution is -2.42. The van der Waals surface area contributed by atoms with Gasteiger partial charge in [-0.2, -0.15) is 26.3 Å². The lowest BCUT2D eigenvalue weighted by molar-refractivity contribution is -0.143. The number of nitrogens with zero attached hydrogens (tertiary/aromatic N) is 2. The molecule has 2 amide bonds. The maximum Gasteiger partial charge on any atom is 0.416 e. The van der Waals surface area contributed by atoms with E-state index < -0.39 is 53.2 Å². The zero-order chi connectivity index (χ0) is 28.1. The van der Waals surface area contributed by atoms with Gasteiger partial charge in [0.2, 0.25) is 5.91 Å². The van der Waals surface area contributed by atoms with Gasteiger partial charge in [0.1, 0.15) is 12.4 Å². The smallest absolute Gasteiger partial charge is 0.332 e. The number of carbonyl (C=O) groups excluding carboxylic acids is 2. The Balaban J connectivity index is 1.91. The van der Waals surface area contributed by atoms with Gasteiger partial charge in [-0.25, -0.2) is 4.39 Å². The normalized spacial score (nSPS) is 11.8. The highest BCUT2D eigenvalue weighted by molar-refractivity contribution is 7.09. The first-order valence-corrected chi connectivity index (χ1v) is 11.9. The summed E-state index contributed by atoms with van der Waals surface area (Å²) in [7, 11) is 0. The molecule has 0 saturated carbocycles. The lowest BCUT2D eigenvalue weighted by Gasteiger charge is -2.27. The predicted octanol–water partition coefficient (Wildman–Crippen LogP) is 6.78. The van der Waals surface area contributed by atoms with Gasteiger partial charge in [-0.05, 0) is 47.3 Å². The largest absolute Gasteiger partial charge is 0.416 e. The van der Waals surface area contributed by atoms with E-state index in [4.69, 9.17) is 0 Å². The van der Waals surface area contributed by atoms with E-state index in [9.17, 15) is 40.3 Å². The van der Waals surface area contributed by atoms with Crippen LogP contribution in [0.25, 0.3) is 0 Å². The Morgan fingerprint density at radius 2 is 1.47 bits per heavy atom. The van der Waals surface area contributed by atoms with Crippen molar-refractivity contribution < 1.29 is 40.3 Å². The van der Waals surface area contributed by atoms with E-state index in [0.29, 0.717) is 17.7 Å². The Morgan fingerprint density at radius 1 is 0.868 bits per heavy atom. The highest BCUT2D eigenvalue weighted by Crippen LogP contribution is 2.36. The summed E-state index contributed by atoms with van der Waals surface area (Å²) < 4.78 is 93.0. The molecule has 0 atom stereocenters. The Labute approximate surface area is 217 Å². The van der Waals surface area contributed by atoms with Crippen LogP contribution in [-0.2, 0) is 30.2 Å². The third-order valence-corrected chi connectivity index (χ3v) is 6.22. The first-order chi connectivity index (χ1) is 17.8. The van der Waals surface area contributed by atoms with Crippen molar-refractivity contribution in [2.24, 2.45) is 0 Å². The number of alkyl halides is 6. The maximum atomic E-state index is 13.3. The molecule has 0 bridgehead atoms. The summed E-state index contributed by atoms with van der Waals surface area (Å²) in [6.07, 6.45) is -9.07. The number of hydrogen-bond donors (Lipinski definition) is 0. The molecule has 0 aliphatic heterocycles. The van der Waals surface area contributed by atoms with Gasteiger partial charge in [-0.1, -0.05) is 24.3 Å². The predicted molar refractivity (Wildman–Crippen MR) is 128 cm³/mol. The van der Waals surface area contributed by atoms with Gasteiger partial charge in [0.05, 0.1) is 17.7 Å². The molecule has 0 unspecified atom stereocenters. The first-order valence-electron chi connectivity index (χ1n) is 11.0. The van der Waals surface area contributed by atoms with Crippen LogP contribution in [0.2, 0.25) is 0 Å². The van der Waals surface area contributed by atoms with Crippen molar-refractivity contribution in [1.82, 2.24) is 9.80 Å². The Hall–Kier alpha value is -3.67. The molecule has 1 aromatic heterocycles. The van der Waals surface area contributed by atoms with E-state index in [1.54, 1.807) is 17.5 Å². The van der Waals surface area contributed by atoms with Crippen molar-refractivity contribution in [2.75, 3.05) is 13.1 Å². The van der Waals surface area contributed by atoms with E-state index in [2.05, 4.69) is 6.58 Å². The van der Waals surface area contributed by atoms with E-state index >= 15 is 0 Å². The molecule has 2 aromatic carbocycles. The fourth-order valence-electron chi connectivity index (χ4n) is 3.53. The number of thiophene rings is 1. The van der Waals surface area contributed by atoms with Crippen molar-refractivity contribution in [2.45, 2.75) is 25.4 Å². The summed E-state index contributed by atoms with van der Waals surface area (Å²) in [6, 6.07) is 9.45. The molecule has 12 heteroatoms. The number of benzene rings is 2. The highest BCUT2D eigenvalue weighted by Gasteiger charge is 2.38. The van der Waals surface area contributed by atoms with Crippen molar-refractivity contribution in [1.29, 1.82) is 0 Å². The fraction of sp³-hybridized carbons (Fsp3) is 0.231. The summed E-state index contributed by atoms with van der Waals surface area (Å²) in [5, 5.41) is 1.79. The first kappa shape index (κ1) is 28.9. The van der Waals surface area contributed by atoms with E-state index in [0.717, 1.165) is 9.78 Å². The minimum Gasteiger partial charge on any atom is -0.332 e. The number of amides is 2. The van der Waals surface area contributed by atoms with E-state index in [1.165, 1.54) is 46.6 Å². The number of rotatable bonds is 9. The van der Waals surface area contributed by atoms with Crippen LogP contribution in [0.1, 0.15) is 31.9 Å². The van der Waals surface area contributed by atoms with Crippen molar-refractivity contribution in [3.63, 3.8) is 0 Å². The Bertz CT molecular complexity index is 1240. The van der Waals surface area contributed by atoms with Gasteiger partial charge in [0, 0.05) is 23.5 Å². The summed E-state index contributed by atoms with van der Waals surface area (Å²) in [4.78, 5) is 29.3. The second-order valence-corrected chi connectivity index (χ2v) is 9.26. The zero-order valence-corrected chi connectivity index (χ0v) is 20.5. The van der Waals surface area contributed by atoms with Crippen molar-refractivity contribution in [3.8, 4) is 0 Å². The van der Waals surface area contributed by atoms with Crippen LogP contribution >= 0.6 is 11.3 Å². The fourth-order valence-corrected chi connectivity index (χ4v) is 4.25. The summed E-state index contributed by atoms with van der Waals surface area (Å²) >= 11 is 1.36. The van der Waals surface area contributed by atoms with Crippen molar-refractivity contribution in [3.05, 3.63) is 106 Å². The summed E-state index contributed by atoms with van der Waals surface area (Å²) in [5.74, 6) is -2.30. The summed E-state index contributed by atoms with van der Waals surface area (Å²) in [5.41, 5.74) is -3.58. The van der Waals surface area contributed by atoms with Gasteiger partial charge in [-0.15, -0.1) is 17.9 Å². The van der Waals surface area contributed by atoms with Crippen LogP contribution in [0, 0.1) is 5.82 Å². The lowest BCUT2D eigenvalue weighted by atomic mass is 10.0. The van der Waals surface area contributed by atoms with Gasteiger partial charge in [0.15, 0.2) is 0 Å². The quantitative estimate of drug-likeness (QED) is 0.215. The minimum atomic E-state index is -5.14. The molecule has 1 heterocycles. The average Bonchev–Trinajstić information content (AvgIpc) is 3.36. The third kappa shape index (κ3) is 7.67. The molecule has 4 nitrogen and oxygen atoms in total. The number of halogens is 7. The molecule has 3 rings (SSSR count). The molecule has 0 aliphatic carbocycles. The van der Waals surface area contributed by atoms with Crippen LogP contribution < -0.4 is 0 Å². The maximum absolute atomic E-state index is 13.3. The average molecular weight is 559 g/mol. The Kier molecular flexibility index (Phi) is 8.97. The molecule has 0 aliphatic rings. The van der Waals surface area contributed by atoms with Crippen molar-refractivity contribution >= 4 is 23.2 Å². The van der Waals surface area contributed by atoms with Crippen LogP contribution in [0.3, 0.4) is 0 Å². The zero-order valence-electron chi connectivity index (χ0n) is 19.7. The molecule has 0 radical (unpaired) electrons. The number of carbonyl (C=O) groups is 2. The third-order valence-electron chi connectivity index (χ3n) is 5.36. The second-order valence-electron chi connectivity index (χ2n) is 8.22. The molecular formula is C26H21F7N2O2S. The summed E-state index contributed by atoms with van der Waals surface area (Å²) in [6.45, 7) is 2.65.